The molecule has 128 valence electrons. The lowest BCUT2D eigenvalue weighted by atomic mass is 10.1. The maximum Gasteiger partial charge on any atom is 0.254 e. The summed E-state index contributed by atoms with van der Waals surface area (Å²) in [4.78, 5) is 21.7. The van der Waals surface area contributed by atoms with Crippen LogP contribution in [0.5, 0.6) is 0 Å². The molecule has 2 aromatic rings. The monoisotopic (exact) mass is 335 g/mol. The van der Waals surface area contributed by atoms with Crippen molar-refractivity contribution in [1.82, 2.24) is 19.4 Å². The first-order valence-corrected chi connectivity index (χ1v) is 8.79. The minimum absolute atomic E-state index is 0.000155. The SMILES string of the molecule is N#Cc1ccc(C(=O)N2CCn3cc(CN4CCCC4)nc3C2)cc1. The van der Waals surface area contributed by atoms with E-state index in [1.807, 2.05) is 4.90 Å². The van der Waals surface area contributed by atoms with Gasteiger partial charge in [-0.3, -0.25) is 9.69 Å². The number of rotatable bonds is 3. The first-order chi connectivity index (χ1) is 12.2. The van der Waals surface area contributed by atoms with Crippen LogP contribution in [0.2, 0.25) is 0 Å². The number of benzene rings is 1. The first-order valence-electron chi connectivity index (χ1n) is 8.79. The minimum Gasteiger partial charge on any atom is -0.331 e. The molecule has 3 heterocycles. The maximum atomic E-state index is 12.7. The quantitative estimate of drug-likeness (QED) is 0.861. The number of hydrogen-bond donors (Lipinski definition) is 0. The number of nitriles is 1. The summed E-state index contributed by atoms with van der Waals surface area (Å²) in [7, 11) is 0. The summed E-state index contributed by atoms with van der Waals surface area (Å²) < 4.78 is 2.17. The molecular formula is C19H21N5O. The zero-order valence-corrected chi connectivity index (χ0v) is 14.2. The molecule has 1 saturated heterocycles. The predicted octanol–water partition coefficient (Wildman–Crippen LogP) is 2.01. The third kappa shape index (κ3) is 3.28. The van der Waals surface area contributed by atoms with E-state index >= 15 is 0 Å². The van der Waals surface area contributed by atoms with Crippen LogP contribution in [0, 0.1) is 11.3 Å². The van der Waals surface area contributed by atoms with Gasteiger partial charge in [-0.25, -0.2) is 4.98 Å². The predicted molar refractivity (Wildman–Crippen MR) is 92.6 cm³/mol. The topological polar surface area (TPSA) is 65.2 Å². The Labute approximate surface area is 147 Å². The van der Waals surface area contributed by atoms with Gasteiger partial charge in [0, 0.05) is 31.4 Å². The average molecular weight is 335 g/mol. The van der Waals surface area contributed by atoms with Crippen LogP contribution in [0.25, 0.3) is 0 Å². The van der Waals surface area contributed by atoms with E-state index in [4.69, 9.17) is 10.2 Å². The largest absolute Gasteiger partial charge is 0.331 e. The van der Waals surface area contributed by atoms with E-state index in [1.54, 1.807) is 24.3 Å². The second-order valence-corrected chi connectivity index (χ2v) is 6.74. The van der Waals surface area contributed by atoms with Crippen molar-refractivity contribution in [2.24, 2.45) is 0 Å². The molecule has 1 aromatic carbocycles. The summed E-state index contributed by atoms with van der Waals surface area (Å²) in [6.07, 6.45) is 4.69. The van der Waals surface area contributed by atoms with Crippen molar-refractivity contribution in [2.75, 3.05) is 19.6 Å². The Kier molecular flexibility index (Phi) is 4.24. The number of fused-ring (bicyclic) bond motifs is 1. The summed E-state index contributed by atoms with van der Waals surface area (Å²) in [6.45, 7) is 5.23. The van der Waals surface area contributed by atoms with Crippen LogP contribution >= 0.6 is 0 Å². The fourth-order valence-electron chi connectivity index (χ4n) is 3.60. The minimum atomic E-state index is -0.000155. The summed E-state index contributed by atoms with van der Waals surface area (Å²) in [5, 5.41) is 8.87. The molecule has 0 spiro atoms. The normalized spacial score (nSPS) is 17.3. The van der Waals surface area contributed by atoms with Crippen molar-refractivity contribution in [2.45, 2.75) is 32.5 Å². The molecule has 1 aromatic heterocycles. The number of nitrogens with zero attached hydrogens (tertiary/aromatic N) is 5. The second-order valence-electron chi connectivity index (χ2n) is 6.74. The van der Waals surface area contributed by atoms with Crippen molar-refractivity contribution < 1.29 is 4.79 Å². The number of likely N-dealkylation sites (tertiary alicyclic amines) is 1. The second kappa shape index (κ2) is 6.69. The van der Waals surface area contributed by atoms with E-state index in [0.717, 1.165) is 37.7 Å². The van der Waals surface area contributed by atoms with E-state index in [0.29, 0.717) is 24.2 Å². The van der Waals surface area contributed by atoms with Crippen molar-refractivity contribution in [3.63, 3.8) is 0 Å². The Morgan fingerprint density at radius 2 is 1.88 bits per heavy atom. The molecule has 0 bridgehead atoms. The summed E-state index contributed by atoms with van der Waals surface area (Å²) in [5.74, 6) is 0.960. The highest BCUT2D eigenvalue weighted by atomic mass is 16.2. The fourth-order valence-corrected chi connectivity index (χ4v) is 3.60. The van der Waals surface area contributed by atoms with E-state index in [2.05, 4.69) is 21.7 Å². The molecule has 1 fully saturated rings. The molecule has 6 heteroatoms. The molecule has 6 nitrogen and oxygen atoms in total. The third-order valence-electron chi connectivity index (χ3n) is 4.98. The first kappa shape index (κ1) is 15.9. The molecular weight excluding hydrogens is 314 g/mol. The number of amides is 1. The molecule has 4 rings (SSSR count). The van der Waals surface area contributed by atoms with E-state index in [1.165, 1.54) is 12.8 Å². The molecule has 0 N–H and O–H groups in total. The van der Waals surface area contributed by atoms with Crippen molar-refractivity contribution >= 4 is 5.91 Å². The molecule has 25 heavy (non-hydrogen) atoms. The Bertz CT molecular complexity index is 811. The highest BCUT2D eigenvalue weighted by Gasteiger charge is 2.24. The van der Waals surface area contributed by atoms with E-state index in [-0.39, 0.29) is 5.91 Å². The summed E-state index contributed by atoms with van der Waals surface area (Å²) in [5.41, 5.74) is 2.29. The van der Waals surface area contributed by atoms with Gasteiger partial charge in [0.05, 0.1) is 23.9 Å². The van der Waals surface area contributed by atoms with Gasteiger partial charge >= 0.3 is 0 Å². The molecule has 0 unspecified atom stereocenters. The molecule has 0 aliphatic carbocycles. The van der Waals surface area contributed by atoms with Crippen LogP contribution in [0.1, 0.15) is 40.3 Å². The Morgan fingerprint density at radius 3 is 2.60 bits per heavy atom. The van der Waals surface area contributed by atoms with Gasteiger partial charge in [0.2, 0.25) is 0 Å². The Hall–Kier alpha value is -2.65. The summed E-state index contributed by atoms with van der Waals surface area (Å²) in [6, 6.07) is 8.90. The summed E-state index contributed by atoms with van der Waals surface area (Å²) >= 11 is 0. The van der Waals surface area contributed by atoms with Gasteiger partial charge in [0.25, 0.3) is 5.91 Å². The molecule has 2 aliphatic rings. The van der Waals surface area contributed by atoms with Gasteiger partial charge in [-0.05, 0) is 50.2 Å². The molecule has 0 atom stereocenters. The average Bonchev–Trinajstić information content (AvgIpc) is 3.30. The van der Waals surface area contributed by atoms with Crippen LogP contribution < -0.4 is 0 Å². The van der Waals surface area contributed by atoms with Gasteiger partial charge in [-0.1, -0.05) is 0 Å². The molecule has 0 saturated carbocycles. The molecule has 0 radical (unpaired) electrons. The van der Waals surface area contributed by atoms with Gasteiger partial charge in [-0.15, -0.1) is 0 Å². The van der Waals surface area contributed by atoms with Gasteiger partial charge < -0.3 is 9.47 Å². The smallest absolute Gasteiger partial charge is 0.254 e. The van der Waals surface area contributed by atoms with Gasteiger partial charge in [0.1, 0.15) is 5.82 Å². The Balaban J connectivity index is 1.45. The van der Waals surface area contributed by atoms with Crippen LogP contribution in [0.4, 0.5) is 0 Å². The lowest BCUT2D eigenvalue weighted by molar-refractivity contribution is 0.0707. The standard InChI is InChI=1S/C19H21N5O/c20-11-15-3-5-16(6-4-15)19(25)24-10-9-23-13-17(21-18(23)14-24)12-22-7-1-2-8-22/h3-6,13H,1-2,7-10,12,14H2. The Morgan fingerprint density at radius 1 is 1.12 bits per heavy atom. The van der Waals surface area contributed by atoms with Crippen LogP contribution in [-0.4, -0.2) is 44.9 Å². The van der Waals surface area contributed by atoms with Gasteiger partial charge in [-0.2, -0.15) is 5.26 Å². The van der Waals surface area contributed by atoms with Crippen LogP contribution in [-0.2, 0) is 19.6 Å². The molecule has 1 amide bonds. The van der Waals surface area contributed by atoms with Crippen molar-refractivity contribution in [3.8, 4) is 6.07 Å². The molecule has 2 aliphatic heterocycles. The zero-order valence-electron chi connectivity index (χ0n) is 14.2. The number of hydrogen-bond acceptors (Lipinski definition) is 4. The number of aromatic nitrogens is 2. The van der Waals surface area contributed by atoms with E-state index in [9.17, 15) is 4.79 Å². The number of imidazole rings is 1. The van der Waals surface area contributed by atoms with Crippen molar-refractivity contribution in [3.05, 3.63) is 53.1 Å². The number of carbonyl (C=O) groups excluding carboxylic acids is 1. The lowest BCUT2D eigenvalue weighted by Gasteiger charge is -2.27. The van der Waals surface area contributed by atoms with E-state index < -0.39 is 0 Å². The van der Waals surface area contributed by atoms with Crippen molar-refractivity contribution in [1.29, 1.82) is 5.26 Å². The fraction of sp³-hybridized carbons (Fsp3) is 0.421. The van der Waals surface area contributed by atoms with Crippen LogP contribution in [0.3, 0.4) is 0 Å². The third-order valence-corrected chi connectivity index (χ3v) is 4.98. The van der Waals surface area contributed by atoms with Crippen LogP contribution in [0.15, 0.2) is 30.5 Å². The number of carbonyl (C=O) groups is 1. The maximum absolute atomic E-state index is 12.7. The highest BCUT2D eigenvalue weighted by Crippen LogP contribution is 2.18. The highest BCUT2D eigenvalue weighted by molar-refractivity contribution is 5.94. The zero-order chi connectivity index (χ0) is 17.2. The lowest BCUT2D eigenvalue weighted by Crippen LogP contribution is -2.38. The van der Waals surface area contributed by atoms with Gasteiger partial charge in [0.15, 0.2) is 0 Å².